The van der Waals surface area contributed by atoms with E-state index in [1.165, 1.54) is 6.07 Å². The molecule has 0 saturated carbocycles. The average Bonchev–Trinajstić information content (AvgIpc) is 2.92. The minimum atomic E-state index is -4.16. The summed E-state index contributed by atoms with van der Waals surface area (Å²) >= 11 is 0. The van der Waals surface area contributed by atoms with Crippen LogP contribution in [0.1, 0.15) is 25.7 Å². The van der Waals surface area contributed by atoms with E-state index in [1.807, 2.05) is 17.0 Å². The monoisotopic (exact) mass is 576 g/mol. The number of nitrogens with one attached hydrogen (secondary N) is 2. The number of nitro benzene ring substituents is 1. The Balaban J connectivity index is 0.000000222. The van der Waals surface area contributed by atoms with Crippen LogP contribution in [0.2, 0.25) is 0 Å². The lowest BCUT2D eigenvalue weighted by Gasteiger charge is -2.34. The van der Waals surface area contributed by atoms with Crippen LogP contribution in [0.4, 0.5) is 60.5 Å². The number of nitrogen functional groups attached to an aromatic ring is 1. The zero-order chi connectivity index (χ0) is 29.7. The topological polar surface area (TPSA) is 99.7 Å². The highest BCUT2D eigenvalue weighted by Gasteiger charge is 2.42. The van der Waals surface area contributed by atoms with Gasteiger partial charge in [0.1, 0.15) is 5.69 Å². The number of halogens is 6. The van der Waals surface area contributed by atoms with Crippen molar-refractivity contribution in [3.63, 3.8) is 0 Å². The molecule has 0 radical (unpaired) electrons. The molecule has 40 heavy (non-hydrogen) atoms. The van der Waals surface area contributed by atoms with E-state index in [9.17, 15) is 36.5 Å². The van der Waals surface area contributed by atoms with Gasteiger partial charge in [0, 0.05) is 57.7 Å². The minimum absolute atomic E-state index is 0.0189. The molecule has 14 heteroatoms. The van der Waals surface area contributed by atoms with Gasteiger partial charge < -0.3 is 26.2 Å². The second kappa shape index (κ2) is 12.7. The molecule has 0 aromatic heterocycles. The fraction of sp³-hybridized carbons (Fsp3) is 0.538. The van der Waals surface area contributed by atoms with E-state index < -0.39 is 29.1 Å². The van der Waals surface area contributed by atoms with Gasteiger partial charge in [-0.05, 0) is 56.0 Å². The second-order valence-corrected chi connectivity index (χ2v) is 9.84. The number of alkyl halides is 6. The van der Waals surface area contributed by atoms with Crippen LogP contribution in [0.5, 0.6) is 0 Å². The molecule has 222 valence electrons. The Morgan fingerprint density at radius 1 is 0.775 bits per heavy atom. The zero-order valence-electron chi connectivity index (χ0n) is 22.3. The lowest BCUT2D eigenvalue weighted by Crippen LogP contribution is -2.39. The Morgan fingerprint density at radius 3 is 1.52 bits per heavy atom. The van der Waals surface area contributed by atoms with Gasteiger partial charge in [-0.2, -0.15) is 26.3 Å². The maximum absolute atomic E-state index is 12.6. The Hall–Kier alpha value is -3.58. The van der Waals surface area contributed by atoms with Crippen LogP contribution < -0.4 is 26.2 Å². The van der Waals surface area contributed by atoms with Gasteiger partial charge in [0.15, 0.2) is 0 Å². The van der Waals surface area contributed by atoms with Crippen LogP contribution in [0.25, 0.3) is 0 Å². The summed E-state index contributed by atoms with van der Waals surface area (Å²) < 4.78 is 75.6. The first-order chi connectivity index (χ1) is 18.7. The first-order valence-electron chi connectivity index (χ1n) is 12.9. The van der Waals surface area contributed by atoms with Crippen LogP contribution in [0.15, 0.2) is 36.4 Å². The fourth-order valence-corrected chi connectivity index (χ4v) is 4.98. The maximum atomic E-state index is 12.6. The SMILES string of the molecule is CNc1ccc(N2CCC(C(F)(F)F)CC2)cc1N.CNc1ccc(N2CCC(C(F)(F)F)CC2)cc1[N+](=O)[O-]. The fourth-order valence-electron chi connectivity index (χ4n) is 4.98. The second-order valence-electron chi connectivity index (χ2n) is 9.84. The van der Waals surface area contributed by atoms with Crippen molar-refractivity contribution in [2.45, 2.75) is 38.0 Å². The number of hydrogen-bond donors (Lipinski definition) is 3. The minimum Gasteiger partial charge on any atom is -0.397 e. The summed E-state index contributed by atoms with van der Waals surface area (Å²) in [5.41, 5.74) is 9.08. The molecule has 0 atom stereocenters. The van der Waals surface area contributed by atoms with E-state index in [0.717, 1.165) is 11.4 Å². The number of benzene rings is 2. The zero-order valence-corrected chi connectivity index (χ0v) is 22.3. The molecular formula is C26H34F6N6O2. The molecule has 4 N–H and O–H groups in total. The van der Waals surface area contributed by atoms with Crippen molar-refractivity contribution in [1.82, 2.24) is 0 Å². The quantitative estimate of drug-likeness (QED) is 0.162. The molecule has 0 aliphatic carbocycles. The summed E-state index contributed by atoms with van der Waals surface area (Å²) in [6.45, 7) is 1.34. The molecule has 2 aliphatic rings. The van der Waals surface area contributed by atoms with Gasteiger partial charge in [-0.3, -0.25) is 10.1 Å². The third-order valence-corrected chi connectivity index (χ3v) is 7.40. The highest BCUT2D eigenvalue weighted by Crippen LogP contribution is 2.38. The summed E-state index contributed by atoms with van der Waals surface area (Å²) in [4.78, 5) is 14.2. The van der Waals surface area contributed by atoms with Crippen LogP contribution >= 0.6 is 0 Å². The van der Waals surface area contributed by atoms with Gasteiger partial charge in [0.25, 0.3) is 5.69 Å². The molecule has 0 unspecified atom stereocenters. The molecular weight excluding hydrogens is 542 g/mol. The van der Waals surface area contributed by atoms with Crippen LogP contribution in [0.3, 0.4) is 0 Å². The third-order valence-electron chi connectivity index (χ3n) is 7.40. The molecule has 0 amide bonds. The first kappa shape index (κ1) is 31.0. The molecule has 2 aromatic rings. The lowest BCUT2D eigenvalue weighted by atomic mass is 9.96. The molecule has 0 bridgehead atoms. The molecule has 2 saturated heterocycles. The Kier molecular flexibility index (Phi) is 9.85. The van der Waals surface area contributed by atoms with E-state index in [0.29, 0.717) is 30.2 Å². The molecule has 2 heterocycles. The average molecular weight is 577 g/mol. The number of nitrogens with two attached hydrogens (primary N) is 1. The van der Waals surface area contributed by atoms with Crippen LogP contribution in [0, 0.1) is 22.0 Å². The number of anilines is 5. The smallest absolute Gasteiger partial charge is 0.391 e. The van der Waals surface area contributed by atoms with E-state index in [-0.39, 0.29) is 44.5 Å². The van der Waals surface area contributed by atoms with Crippen molar-refractivity contribution in [2.24, 2.45) is 11.8 Å². The van der Waals surface area contributed by atoms with Crippen molar-refractivity contribution in [3.05, 3.63) is 46.5 Å². The number of hydrogen-bond acceptors (Lipinski definition) is 7. The van der Waals surface area contributed by atoms with E-state index in [1.54, 1.807) is 37.2 Å². The van der Waals surface area contributed by atoms with Crippen LogP contribution in [-0.4, -0.2) is 57.6 Å². The largest absolute Gasteiger partial charge is 0.397 e. The van der Waals surface area contributed by atoms with E-state index in [2.05, 4.69) is 10.6 Å². The maximum Gasteiger partial charge on any atom is 0.391 e. The van der Waals surface area contributed by atoms with Gasteiger partial charge in [-0.1, -0.05) is 0 Å². The number of piperidine rings is 2. The van der Waals surface area contributed by atoms with E-state index >= 15 is 0 Å². The normalized spacial score (nSPS) is 17.2. The van der Waals surface area contributed by atoms with Gasteiger partial charge in [-0.25, -0.2) is 0 Å². The summed E-state index contributed by atoms with van der Waals surface area (Å²) in [6.07, 6.45) is -7.89. The van der Waals surface area contributed by atoms with Gasteiger partial charge in [-0.15, -0.1) is 0 Å². The molecule has 2 aromatic carbocycles. The molecule has 4 rings (SSSR count). The number of nitro groups is 1. The van der Waals surface area contributed by atoms with Crippen molar-refractivity contribution < 1.29 is 31.3 Å². The predicted molar refractivity (Wildman–Crippen MR) is 145 cm³/mol. The van der Waals surface area contributed by atoms with Gasteiger partial charge in [0.2, 0.25) is 0 Å². The van der Waals surface area contributed by atoms with Crippen molar-refractivity contribution in [1.29, 1.82) is 0 Å². The summed E-state index contributed by atoms with van der Waals surface area (Å²) in [5.74, 6) is -2.45. The van der Waals surface area contributed by atoms with Crippen molar-refractivity contribution in [2.75, 3.05) is 66.4 Å². The molecule has 2 aliphatic heterocycles. The Morgan fingerprint density at radius 2 is 1.18 bits per heavy atom. The first-order valence-corrected chi connectivity index (χ1v) is 12.9. The predicted octanol–water partition coefficient (Wildman–Crippen LogP) is 6.50. The summed E-state index contributed by atoms with van der Waals surface area (Å²) in [6, 6.07) is 10.2. The van der Waals surface area contributed by atoms with Crippen molar-refractivity contribution >= 4 is 34.1 Å². The lowest BCUT2D eigenvalue weighted by molar-refractivity contribution is -0.383. The Labute approximate surface area is 228 Å². The van der Waals surface area contributed by atoms with Crippen LogP contribution in [-0.2, 0) is 0 Å². The standard InChI is InChI=1S/C13H16F3N3O2.C13H18F3N3/c1-17-11-3-2-10(8-12(11)19(20)21)18-6-4-9(5-7-18)13(14,15)16;1-18-12-3-2-10(8-11(12)17)19-6-4-9(5-7-19)13(14,15)16/h2-3,8-9,17H,4-7H2,1H3;2-3,8-9,18H,4-7,17H2,1H3. The summed E-state index contributed by atoms with van der Waals surface area (Å²) in [5, 5.41) is 16.7. The number of rotatable bonds is 5. The Bertz CT molecular complexity index is 1140. The van der Waals surface area contributed by atoms with Gasteiger partial charge >= 0.3 is 12.4 Å². The van der Waals surface area contributed by atoms with Gasteiger partial charge in [0.05, 0.1) is 28.1 Å². The molecule has 8 nitrogen and oxygen atoms in total. The van der Waals surface area contributed by atoms with Crippen molar-refractivity contribution in [3.8, 4) is 0 Å². The third kappa shape index (κ3) is 7.75. The molecule has 0 spiro atoms. The highest BCUT2D eigenvalue weighted by molar-refractivity contribution is 5.72. The van der Waals surface area contributed by atoms with E-state index in [4.69, 9.17) is 5.73 Å². The molecule has 2 fully saturated rings. The number of nitrogens with zero attached hydrogens (tertiary/aromatic N) is 3. The summed E-state index contributed by atoms with van der Waals surface area (Å²) in [7, 11) is 3.36. The highest BCUT2D eigenvalue weighted by atomic mass is 19.4.